The molecular weight excluding hydrogens is 328 g/mol. The zero-order chi connectivity index (χ0) is 14.8. The molecule has 0 radical (unpaired) electrons. The molecule has 0 aliphatic rings. The van der Waals surface area contributed by atoms with Gasteiger partial charge in [-0.25, -0.2) is 0 Å². The minimum atomic E-state index is 0.0162. The molecule has 3 rings (SSSR count). The minimum Gasteiger partial charge on any atom is -0.497 e. The number of ether oxygens (including phenoxy) is 1. The molecule has 0 saturated heterocycles. The quantitative estimate of drug-likeness (QED) is 0.637. The lowest BCUT2D eigenvalue weighted by molar-refractivity contribution is 0.103. The molecule has 2 nitrogen and oxygen atoms in total. The number of benzene rings is 3. The summed E-state index contributed by atoms with van der Waals surface area (Å²) in [6.07, 6.45) is 0. The molecule has 0 fully saturated rings. The summed E-state index contributed by atoms with van der Waals surface area (Å²) in [6.45, 7) is 0. The molecule has 0 amide bonds. The van der Waals surface area contributed by atoms with Gasteiger partial charge in [-0.05, 0) is 53.2 Å². The smallest absolute Gasteiger partial charge is 0.193 e. The van der Waals surface area contributed by atoms with Crippen molar-refractivity contribution in [1.82, 2.24) is 0 Å². The average Bonchev–Trinajstić information content (AvgIpc) is 2.53. The van der Waals surface area contributed by atoms with E-state index in [9.17, 15) is 4.79 Å². The van der Waals surface area contributed by atoms with Gasteiger partial charge in [0.15, 0.2) is 5.78 Å². The van der Waals surface area contributed by atoms with Crippen LogP contribution in [0.3, 0.4) is 0 Å². The third-order valence-corrected chi connectivity index (χ3v) is 3.91. The third kappa shape index (κ3) is 2.83. The molecule has 0 aliphatic heterocycles. The standard InChI is InChI=1S/C18H13BrO2/c1-21-17-8-5-12(6-9-17)18(20)15-3-2-14-11-16(19)7-4-13(14)10-15/h2-11H,1H3. The van der Waals surface area contributed by atoms with Crippen LogP contribution in [0.15, 0.2) is 65.1 Å². The number of fused-ring (bicyclic) bond motifs is 1. The fourth-order valence-electron chi connectivity index (χ4n) is 2.27. The van der Waals surface area contributed by atoms with Crippen LogP contribution in [-0.2, 0) is 0 Å². The Bertz CT molecular complexity index is 807. The van der Waals surface area contributed by atoms with Crippen LogP contribution in [0.2, 0.25) is 0 Å². The van der Waals surface area contributed by atoms with Gasteiger partial charge in [0.05, 0.1) is 7.11 Å². The van der Waals surface area contributed by atoms with E-state index < -0.39 is 0 Å². The highest BCUT2D eigenvalue weighted by Gasteiger charge is 2.09. The van der Waals surface area contributed by atoms with E-state index in [1.165, 1.54) is 0 Å². The van der Waals surface area contributed by atoms with E-state index in [0.717, 1.165) is 21.0 Å². The van der Waals surface area contributed by atoms with Crippen molar-refractivity contribution in [3.8, 4) is 5.75 Å². The zero-order valence-electron chi connectivity index (χ0n) is 11.5. The molecule has 0 atom stereocenters. The highest BCUT2D eigenvalue weighted by Crippen LogP contribution is 2.22. The van der Waals surface area contributed by atoms with Gasteiger partial charge >= 0.3 is 0 Å². The lowest BCUT2D eigenvalue weighted by atomic mass is 10.00. The first kappa shape index (κ1) is 13.8. The second-order valence-electron chi connectivity index (χ2n) is 4.76. The molecule has 104 valence electrons. The second-order valence-corrected chi connectivity index (χ2v) is 5.68. The summed E-state index contributed by atoms with van der Waals surface area (Å²) in [5.74, 6) is 0.761. The Morgan fingerprint density at radius 3 is 2.19 bits per heavy atom. The third-order valence-electron chi connectivity index (χ3n) is 3.42. The van der Waals surface area contributed by atoms with Crippen LogP contribution in [0, 0.1) is 0 Å². The Labute approximate surface area is 131 Å². The van der Waals surface area contributed by atoms with Gasteiger partial charge in [0, 0.05) is 15.6 Å². The molecule has 21 heavy (non-hydrogen) atoms. The van der Waals surface area contributed by atoms with E-state index in [1.54, 1.807) is 31.4 Å². The summed E-state index contributed by atoms with van der Waals surface area (Å²) in [4.78, 5) is 12.5. The van der Waals surface area contributed by atoms with Gasteiger partial charge in [0.1, 0.15) is 5.75 Å². The molecule has 0 saturated carbocycles. The summed E-state index contributed by atoms with van der Waals surface area (Å²) >= 11 is 3.45. The number of hydrogen-bond donors (Lipinski definition) is 0. The van der Waals surface area contributed by atoms with Gasteiger partial charge in [-0.2, -0.15) is 0 Å². The van der Waals surface area contributed by atoms with Gasteiger partial charge in [-0.3, -0.25) is 4.79 Å². The Morgan fingerprint density at radius 1 is 0.857 bits per heavy atom. The first-order chi connectivity index (χ1) is 10.2. The maximum Gasteiger partial charge on any atom is 0.193 e. The Balaban J connectivity index is 1.98. The Morgan fingerprint density at radius 2 is 1.48 bits per heavy atom. The normalized spacial score (nSPS) is 10.6. The van der Waals surface area contributed by atoms with E-state index in [4.69, 9.17) is 4.74 Å². The van der Waals surface area contributed by atoms with Crippen molar-refractivity contribution in [2.75, 3.05) is 7.11 Å². The van der Waals surface area contributed by atoms with Gasteiger partial charge in [-0.1, -0.05) is 34.1 Å². The molecule has 0 unspecified atom stereocenters. The van der Waals surface area contributed by atoms with Crippen LogP contribution < -0.4 is 4.74 Å². The number of methoxy groups -OCH3 is 1. The van der Waals surface area contributed by atoms with Crippen LogP contribution >= 0.6 is 15.9 Å². The average molecular weight is 341 g/mol. The predicted molar refractivity (Wildman–Crippen MR) is 88.1 cm³/mol. The lowest BCUT2D eigenvalue weighted by Crippen LogP contribution is -2.01. The summed E-state index contributed by atoms with van der Waals surface area (Å²) in [5.41, 5.74) is 1.35. The molecule has 0 N–H and O–H groups in total. The number of carbonyl (C=O) groups is 1. The van der Waals surface area contributed by atoms with E-state index in [0.29, 0.717) is 11.1 Å². The molecule has 0 heterocycles. The fraction of sp³-hybridized carbons (Fsp3) is 0.0556. The largest absolute Gasteiger partial charge is 0.497 e. The minimum absolute atomic E-state index is 0.0162. The summed E-state index contributed by atoms with van der Waals surface area (Å²) in [5, 5.41) is 2.16. The van der Waals surface area contributed by atoms with Crippen molar-refractivity contribution in [3.63, 3.8) is 0 Å². The van der Waals surface area contributed by atoms with E-state index in [2.05, 4.69) is 15.9 Å². The Kier molecular flexibility index (Phi) is 3.76. The number of ketones is 1. The summed E-state index contributed by atoms with van der Waals surface area (Å²) in [6, 6.07) is 18.9. The first-order valence-electron chi connectivity index (χ1n) is 6.55. The van der Waals surface area contributed by atoms with Crippen LogP contribution in [0.1, 0.15) is 15.9 Å². The van der Waals surface area contributed by atoms with Crippen LogP contribution in [-0.4, -0.2) is 12.9 Å². The predicted octanol–water partition coefficient (Wildman–Crippen LogP) is 4.84. The first-order valence-corrected chi connectivity index (χ1v) is 7.35. The van der Waals surface area contributed by atoms with Crippen molar-refractivity contribution in [3.05, 3.63) is 76.3 Å². The molecule has 3 heteroatoms. The second kappa shape index (κ2) is 5.70. The monoisotopic (exact) mass is 340 g/mol. The van der Waals surface area contributed by atoms with Gasteiger partial charge in [0.2, 0.25) is 0 Å². The topological polar surface area (TPSA) is 26.3 Å². The molecule has 0 aliphatic carbocycles. The highest BCUT2D eigenvalue weighted by molar-refractivity contribution is 9.10. The van der Waals surface area contributed by atoms with Crippen molar-refractivity contribution in [2.24, 2.45) is 0 Å². The van der Waals surface area contributed by atoms with Crippen LogP contribution in [0.25, 0.3) is 10.8 Å². The maximum atomic E-state index is 12.5. The van der Waals surface area contributed by atoms with Crippen molar-refractivity contribution in [1.29, 1.82) is 0 Å². The highest BCUT2D eigenvalue weighted by atomic mass is 79.9. The van der Waals surface area contributed by atoms with Crippen molar-refractivity contribution < 1.29 is 9.53 Å². The number of rotatable bonds is 3. The number of hydrogen-bond acceptors (Lipinski definition) is 2. The van der Waals surface area contributed by atoms with Gasteiger partial charge in [-0.15, -0.1) is 0 Å². The molecular formula is C18H13BrO2. The molecule has 3 aromatic rings. The van der Waals surface area contributed by atoms with Crippen molar-refractivity contribution >= 4 is 32.5 Å². The number of carbonyl (C=O) groups excluding carboxylic acids is 1. The molecule has 3 aromatic carbocycles. The lowest BCUT2D eigenvalue weighted by Gasteiger charge is -2.05. The Hall–Kier alpha value is -2.13. The van der Waals surface area contributed by atoms with Gasteiger partial charge < -0.3 is 4.74 Å². The van der Waals surface area contributed by atoms with E-state index in [1.807, 2.05) is 36.4 Å². The van der Waals surface area contributed by atoms with Crippen molar-refractivity contribution in [2.45, 2.75) is 0 Å². The SMILES string of the molecule is COc1ccc(C(=O)c2ccc3cc(Br)ccc3c2)cc1. The van der Waals surface area contributed by atoms with E-state index in [-0.39, 0.29) is 5.78 Å². The molecule has 0 spiro atoms. The summed E-state index contributed by atoms with van der Waals surface area (Å²) in [7, 11) is 1.61. The molecule has 0 bridgehead atoms. The van der Waals surface area contributed by atoms with Gasteiger partial charge in [0.25, 0.3) is 0 Å². The molecule has 0 aromatic heterocycles. The summed E-state index contributed by atoms with van der Waals surface area (Å²) < 4.78 is 6.14. The van der Waals surface area contributed by atoms with E-state index >= 15 is 0 Å². The van der Waals surface area contributed by atoms with Crippen LogP contribution in [0.5, 0.6) is 5.75 Å². The number of halogens is 1. The fourth-order valence-corrected chi connectivity index (χ4v) is 2.65. The zero-order valence-corrected chi connectivity index (χ0v) is 13.1. The van der Waals surface area contributed by atoms with Crippen LogP contribution in [0.4, 0.5) is 0 Å². The maximum absolute atomic E-state index is 12.5.